The van der Waals surface area contributed by atoms with Gasteiger partial charge in [-0.25, -0.2) is 37.8 Å². The molecule has 42 heteroatoms. The molecule has 0 spiro atoms. The highest BCUT2D eigenvalue weighted by molar-refractivity contribution is 8.76. The van der Waals surface area contributed by atoms with Crippen LogP contribution in [0.4, 0.5) is 5.82 Å². The van der Waals surface area contributed by atoms with Crippen molar-refractivity contribution in [2.45, 2.75) is 77.3 Å². The minimum Gasteiger partial charge on any atom is -0.386 e. The first-order valence-corrected chi connectivity index (χ1v) is 31.1. The van der Waals surface area contributed by atoms with Crippen molar-refractivity contribution < 1.29 is 123 Å². The molecule has 0 aromatic carbocycles. The first-order valence-electron chi connectivity index (χ1n) is 21.0. The summed E-state index contributed by atoms with van der Waals surface area (Å²) in [6.07, 6.45) is -9.18. The highest BCUT2D eigenvalue weighted by Crippen LogP contribution is 2.61. The van der Waals surface area contributed by atoms with Crippen molar-refractivity contribution in [3.63, 3.8) is 0 Å². The Bertz CT molecular complexity index is 2500. The number of nitrogens with two attached hydrogens (primary N) is 1. The third kappa shape index (κ3) is 22.4. The van der Waals surface area contributed by atoms with Crippen LogP contribution < -0.4 is 27.0 Å². The Morgan fingerprint density at radius 3 is 1.66 bits per heavy atom. The molecule has 0 bridgehead atoms. The van der Waals surface area contributed by atoms with Crippen molar-refractivity contribution in [1.82, 2.24) is 40.8 Å². The van der Waals surface area contributed by atoms with Gasteiger partial charge in [0.15, 0.2) is 17.7 Å². The molecule has 35 nitrogen and oxygen atoms in total. The first-order chi connectivity index (χ1) is 33.9. The highest BCUT2D eigenvalue weighted by atomic mass is 33.1. The predicted molar refractivity (Wildman–Crippen MR) is 254 cm³/mol. The van der Waals surface area contributed by atoms with E-state index in [-0.39, 0.29) is 56.0 Å². The molecule has 1 aliphatic heterocycles. The van der Waals surface area contributed by atoms with Crippen LogP contribution in [-0.2, 0) is 73.5 Å². The number of rotatable bonds is 33. The third-order valence-electron chi connectivity index (χ3n) is 9.63. The average molecular weight is 1200 g/mol. The Morgan fingerprint density at radius 2 is 1.19 bits per heavy atom. The minimum absolute atomic E-state index is 0.00698. The second-order valence-corrected chi connectivity index (χ2v) is 26.6. The van der Waals surface area contributed by atoms with Crippen LogP contribution in [0.1, 0.15) is 46.8 Å². The average Bonchev–Trinajstić information content (AvgIpc) is 3.83. The summed E-state index contributed by atoms with van der Waals surface area (Å²) >= 11 is 0. The van der Waals surface area contributed by atoms with Gasteiger partial charge in [0.2, 0.25) is 23.6 Å². The maximum Gasteiger partial charge on any atom is 0.481 e. The van der Waals surface area contributed by atoms with Crippen molar-refractivity contribution in [3.05, 3.63) is 12.7 Å². The van der Waals surface area contributed by atoms with Gasteiger partial charge in [0.1, 0.15) is 42.4 Å². The molecular weight excluding hydrogens is 1150 g/mol. The number of nitrogen functional groups attached to an aromatic ring is 1. The van der Waals surface area contributed by atoms with E-state index in [9.17, 15) is 81.8 Å². The molecular formula is C32H58N9O26P5S2. The molecule has 9 atom stereocenters. The number of hydrogen-bond donors (Lipinski definition) is 15. The van der Waals surface area contributed by atoms with Gasteiger partial charge in [0.05, 0.1) is 26.1 Å². The molecule has 1 fully saturated rings. The van der Waals surface area contributed by atoms with E-state index >= 15 is 0 Å². The Kier molecular flexibility index (Phi) is 24.7. The Labute approximate surface area is 427 Å². The number of aliphatic hydroxyl groups is 3. The maximum atomic E-state index is 12.7. The van der Waals surface area contributed by atoms with E-state index in [0.717, 1.165) is 17.2 Å². The number of aromatic nitrogens is 4. The summed E-state index contributed by atoms with van der Waals surface area (Å²) in [4.78, 5) is 127. The zero-order chi connectivity index (χ0) is 56.1. The van der Waals surface area contributed by atoms with Crippen molar-refractivity contribution >= 4 is 101 Å². The van der Waals surface area contributed by atoms with E-state index in [4.69, 9.17) is 29.3 Å². The molecule has 3 heterocycles. The summed E-state index contributed by atoms with van der Waals surface area (Å²) in [7, 11) is -24.4. The zero-order valence-corrected chi connectivity index (χ0v) is 45.4. The molecule has 2 aromatic heterocycles. The van der Waals surface area contributed by atoms with Gasteiger partial charge >= 0.3 is 39.1 Å². The third-order valence-corrected chi connectivity index (χ3v) is 17.3. The number of carbonyl (C=O) groups is 4. The predicted octanol–water partition coefficient (Wildman–Crippen LogP) is -1.98. The van der Waals surface area contributed by atoms with Crippen molar-refractivity contribution in [3.8, 4) is 0 Å². The number of anilines is 1. The smallest absolute Gasteiger partial charge is 0.386 e. The molecule has 0 aliphatic carbocycles. The largest absolute Gasteiger partial charge is 0.481 e. The summed E-state index contributed by atoms with van der Waals surface area (Å²) in [5, 5.41) is 41.7. The lowest BCUT2D eigenvalue weighted by molar-refractivity contribution is -0.137. The van der Waals surface area contributed by atoms with Crippen LogP contribution in [0.2, 0.25) is 0 Å². The SMILES string of the molecule is CC(C)(COP(=O)(O)OP(=O)(O)O)[C@@H](O)C(=O)NCCC(=O)NCCSSCCNC(=O)CCNC(=O)[C@H](O)C(C)(C)COP(=O)(O)OP(=O)(O)OC[C@H]1O[C@@H](n2cnc3c(N)ncnc32)[C@H](O)[C@@H]1OP(=O)(O)O. The number of hydrogen-bond acceptors (Lipinski definition) is 25. The molecule has 16 N–H and O–H groups in total. The Hall–Kier alpha value is -2.60. The molecule has 0 saturated carbocycles. The molecule has 74 heavy (non-hydrogen) atoms. The number of imidazole rings is 1. The fraction of sp³-hybridized carbons (Fsp3) is 0.719. The molecule has 424 valence electrons. The second-order valence-electron chi connectivity index (χ2n) is 16.8. The molecule has 4 amide bonds. The lowest BCUT2D eigenvalue weighted by Gasteiger charge is -2.30. The van der Waals surface area contributed by atoms with Gasteiger partial charge in [0, 0.05) is 61.4 Å². The van der Waals surface area contributed by atoms with Crippen molar-refractivity contribution in [2.75, 3.05) is 63.2 Å². The zero-order valence-electron chi connectivity index (χ0n) is 39.3. The Morgan fingerprint density at radius 1 is 0.716 bits per heavy atom. The second kappa shape index (κ2) is 27.8. The lowest BCUT2D eigenvalue weighted by atomic mass is 9.87. The van der Waals surface area contributed by atoms with Crippen molar-refractivity contribution in [1.29, 1.82) is 0 Å². The molecule has 0 radical (unpaired) electrons. The summed E-state index contributed by atoms with van der Waals surface area (Å²) in [6, 6.07) is 0. The summed E-state index contributed by atoms with van der Waals surface area (Å²) in [5.41, 5.74) is 2.63. The van der Waals surface area contributed by atoms with E-state index < -0.39 is 130 Å². The number of nitrogens with zero attached hydrogens (tertiary/aromatic N) is 4. The van der Waals surface area contributed by atoms with E-state index in [1.165, 1.54) is 49.3 Å². The number of carbonyl (C=O) groups excluding carboxylic acids is 4. The van der Waals surface area contributed by atoms with Crippen LogP contribution in [0.3, 0.4) is 0 Å². The Balaban J connectivity index is 1.30. The fourth-order valence-corrected chi connectivity index (χ4v) is 12.2. The molecule has 3 rings (SSSR count). The lowest BCUT2D eigenvalue weighted by Crippen LogP contribution is -2.46. The van der Waals surface area contributed by atoms with Gasteiger partial charge < -0.3 is 81.3 Å². The van der Waals surface area contributed by atoms with Crippen LogP contribution in [-0.4, -0.2) is 181 Å². The van der Waals surface area contributed by atoms with Crippen LogP contribution >= 0.6 is 60.7 Å². The molecule has 2 aromatic rings. The van der Waals surface area contributed by atoms with Crippen molar-refractivity contribution in [2.24, 2.45) is 10.8 Å². The standard InChI is InChI=1S/C32H58N9O26P5S2/c1-31(2,14-62-71(57,58)66-69(52,53)54)24(45)28(47)36-7-5-19(42)34-9-11-73-74-12-10-35-20(43)6-8-37-29(48)25(46)32(3,4)15-63-72(59,60)67-70(55,56)61-13-18-23(65-68(49,50)51)22(44)30(64-18)41-17-40-21-26(33)38-16-39-27(21)41/h16-18,22-25,30,44-46H,5-15H2,1-4H3,(H,34,42)(H,35,43)(H,36,47)(H,37,48)(H,55,56)(H,57,58)(H,59,60)(H2,33,38,39)(H2,49,50,51)(H2,52,53,54)/t18-,22-,23-,24+,25+,30-/m1/s1. The summed E-state index contributed by atoms with van der Waals surface area (Å²) in [5.74, 6) is -2.07. The van der Waals surface area contributed by atoms with E-state index in [1.807, 2.05) is 0 Å². The van der Waals surface area contributed by atoms with E-state index in [1.54, 1.807) is 0 Å². The maximum absolute atomic E-state index is 12.7. The molecule has 1 saturated heterocycles. The van der Waals surface area contributed by atoms with Gasteiger partial charge in [-0.1, -0.05) is 49.3 Å². The van der Waals surface area contributed by atoms with Crippen LogP contribution in [0.15, 0.2) is 12.7 Å². The number of nitrogens with one attached hydrogen (secondary N) is 4. The molecule has 1 aliphatic rings. The quantitative estimate of drug-likeness (QED) is 0.0209. The monoisotopic (exact) mass is 1200 g/mol. The van der Waals surface area contributed by atoms with E-state index in [0.29, 0.717) is 11.5 Å². The van der Waals surface area contributed by atoms with Crippen LogP contribution in [0, 0.1) is 10.8 Å². The van der Waals surface area contributed by atoms with E-state index in [2.05, 4.69) is 53.9 Å². The number of amides is 4. The van der Waals surface area contributed by atoms with Gasteiger partial charge in [-0.15, -0.1) is 0 Å². The van der Waals surface area contributed by atoms with Gasteiger partial charge in [-0.2, -0.15) is 8.62 Å². The van der Waals surface area contributed by atoms with Gasteiger partial charge in [-0.05, 0) is 0 Å². The number of ether oxygens (including phenoxy) is 1. The minimum atomic E-state index is -5.62. The number of aliphatic hydroxyl groups excluding tert-OH is 3. The number of phosphoric acid groups is 5. The van der Waals surface area contributed by atoms with Crippen LogP contribution in [0.25, 0.3) is 11.2 Å². The summed E-state index contributed by atoms with van der Waals surface area (Å²) < 4.78 is 92.8. The number of fused-ring (bicyclic) bond motifs is 1. The van der Waals surface area contributed by atoms with Gasteiger partial charge in [0.25, 0.3) is 0 Å². The summed E-state index contributed by atoms with van der Waals surface area (Å²) in [6.45, 7) is 2.05. The highest BCUT2D eigenvalue weighted by Gasteiger charge is 2.50. The fourth-order valence-electron chi connectivity index (χ4n) is 5.85. The number of phosphoric ester groups is 4. The van der Waals surface area contributed by atoms with Gasteiger partial charge in [-0.3, -0.25) is 41.8 Å². The first kappa shape index (κ1) is 65.7. The van der Waals surface area contributed by atoms with Crippen LogP contribution in [0.5, 0.6) is 0 Å². The molecule has 3 unspecified atom stereocenters. The normalized spacial score (nSPS) is 20.9. The topological polar surface area (TPSA) is 538 Å².